The molecule has 0 saturated heterocycles. The van der Waals surface area contributed by atoms with Crippen molar-refractivity contribution in [2.75, 3.05) is 6.54 Å². The van der Waals surface area contributed by atoms with E-state index in [1.165, 1.54) is 6.07 Å². The number of hydrogen-bond acceptors (Lipinski definition) is 1. The first kappa shape index (κ1) is 14.5. The van der Waals surface area contributed by atoms with Crippen LogP contribution in [0.1, 0.15) is 33.3 Å². The molecule has 0 saturated carbocycles. The highest BCUT2D eigenvalue weighted by Gasteiger charge is 2.12. The normalized spacial score (nSPS) is 13.8. The topological polar surface area (TPSA) is 12.0 Å². The molecular formula is C14H21ClFN. The number of rotatable bonds is 4. The molecule has 96 valence electrons. The Morgan fingerprint density at radius 3 is 2.53 bits per heavy atom. The number of hydrogen-bond donors (Lipinski definition) is 1. The van der Waals surface area contributed by atoms with Crippen LogP contribution in [0, 0.1) is 11.7 Å². The van der Waals surface area contributed by atoms with Crippen molar-refractivity contribution < 1.29 is 4.39 Å². The Labute approximate surface area is 108 Å². The lowest BCUT2D eigenvalue weighted by Crippen LogP contribution is -2.39. The van der Waals surface area contributed by atoms with Gasteiger partial charge >= 0.3 is 0 Å². The second-order valence-electron chi connectivity index (χ2n) is 5.69. The minimum atomic E-state index is -0.333. The Hall–Kier alpha value is -0.600. The Bertz CT molecular complexity index is 371. The zero-order chi connectivity index (χ0) is 13.1. The van der Waals surface area contributed by atoms with Crippen LogP contribution in [0.2, 0.25) is 5.02 Å². The molecule has 1 nitrogen and oxygen atoms in total. The van der Waals surface area contributed by atoms with Crippen molar-refractivity contribution in [2.24, 2.45) is 5.92 Å². The lowest BCUT2D eigenvalue weighted by molar-refractivity contribution is 0.381. The van der Waals surface area contributed by atoms with Gasteiger partial charge in [-0.25, -0.2) is 4.39 Å². The summed E-state index contributed by atoms with van der Waals surface area (Å²) in [5, 5.41) is 3.64. The number of benzene rings is 1. The van der Waals surface area contributed by atoms with Crippen LogP contribution in [0.3, 0.4) is 0 Å². The molecule has 1 atom stereocenters. The van der Waals surface area contributed by atoms with E-state index in [4.69, 9.17) is 11.6 Å². The molecule has 0 aliphatic carbocycles. The first-order valence-corrected chi connectivity index (χ1v) is 6.34. The van der Waals surface area contributed by atoms with Crippen LogP contribution in [0.4, 0.5) is 4.39 Å². The Morgan fingerprint density at radius 1 is 1.35 bits per heavy atom. The molecule has 0 aliphatic heterocycles. The first-order chi connectivity index (χ1) is 7.78. The van der Waals surface area contributed by atoms with Gasteiger partial charge in [0.25, 0.3) is 0 Å². The van der Waals surface area contributed by atoms with E-state index in [9.17, 15) is 4.39 Å². The van der Waals surface area contributed by atoms with Crippen molar-refractivity contribution in [3.05, 3.63) is 34.6 Å². The van der Waals surface area contributed by atoms with Gasteiger partial charge in [0.15, 0.2) is 0 Å². The summed E-state index contributed by atoms with van der Waals surface area (Å²) in [7, 11) is 0. The van der Waals surface area contributed by atoms with Crippen molar-refractivity contribution in [1.82, 2.24) is 5.32 Å². The molecule has 3 heteroatoms. The largest absolute Gasteiger partial charge is 0.312 e. The summed E-state index contributed by atoms with van der Waals surface area (Å²) in [5.74, 6) is 0.134. The fraction of sp³-hybridized carbons (Fsp3) is 0.571. The van der Waals surface area contributed by atoms with Crippen LogP contribution in [0.15, 0.2) is 18.2 Å². The second kappa shape index (κ2) is 5.83. The summed E-state index contributed by atoms with van der Waals surface area (Å²) < 4.78 is 13.3. The van der Waals surface area contributed by atoms with Gasteiger partial charge in [0.05, 0.1) is 5.02 Å². The molecule has 0 aliphatic rings. The number of halogens is 2. The van der Waals surface area contributed by atoms with E-state index < -0.39 is 0 Å². The van der Waals surface area contributed by atoms with Crippen molar-refractivity contribution >= 4 is 11.6 Å². The van der Waals surface area contributed by atoms with Gasteiger partial charge in [-0.1, -0.05) is 24.6 Å². The van der Waals surface area contributed by atoms with Gasteiger partial charge in [0.2, 0.25) is 0 Å². The highest BCUT2D eigenvalue weighted by atomic mass is 35.5. The zero-order valence-corrected chi connectivity index (χ0v) is 11.7. The van der Waals surface area contributed by atoms with Gasteiger partial charge in [0, 0.05) is 5.54 Å². The number of nitrogens with one attached hydrogen (secondary N) is 1. The van der Waals surface area contributed by atoms with E-state index >= 15 is 0 Å². The second-order valence-corrected chi connectivity index (χ2v) is 6.10. The molecule has 1 unspecified atom stereocenters. The van der Waals surface area contributed by atoms with Crippen molar-refractivity contribution in [3.63, 3.8) is 0 Å². The predicted molar refractivity (Wildman–Crippen MR) is 72.0 cm³/mol. The highest BCUT2D eigenvalue weighted by Crippen LogP contribution is 2.17. The summed E-state index contributed by atoms with van der Waals surface area (Å²) in [5.41, 5.74) is 1.12. The maximum Gasteiger partial charge on any atom is 0.142 e. The van der Waals surface area contributed by atoms with E-state index in [0.717, 1.165) is 18.5 Å². The molecular weight excluding hydrogens is 237 g/mol. The third-order valence-electron chi connectivity index (χ3n) is 2.55. The molecule has 0 heterocycles. The van der Waals surface area contributed by atoms with Crippen LogP contribution in [0.25, 0.3) is 0 Å². The lowest BCUT2D eigenvalue weighted by atomic mass is 9.99. The van der Waals surface area contributed by atoms with E-state index in [1.54, 1.807) is 6.07 Å². The first-order valence-electron chi connectivity index (χ1n) is 5.97. The van der Waals surface area contributed by atoms with Crippen LogP contribution < -0.4 is 5.32 Å². The van der Waals surface area contributed by atoms with Crippen molar-refractivity contribution in [1.29, 1.82) is 0 Å². The van der Waals surface area contributed by atoms with Gasteiger partial charge < -0.3 is 5.32 Å². The Morgan fingerprint density at radius 2 is 2.00 bits per heavy atom. The highest BCUT2D eigenvalue weighted by molar-refractivity contribution is 6.30. The van der Waals surface area contributed by atoms with Crippen LogP contribution in [-0.2, 0) is 6.42 Å². The van der Waals surface area contributed by atoms with Gasteiger partial charge in [0.1, 0.15) is 5.82 Å². The van der Waals surface area contributed by atoms with Gasteiger partial charge in [-0.2, -0.15) is 0 Å². The van der Waals surface area contributed by atoms with Crippen LogP contribution in [-0.4, -0.2) is 12.1 Å². The fourth-order valence-corrected chi connectivity index (χ4v) is 1.74. The molecule has 0 amide bonds. The smallest absolute Gasteiger partial charge is 0.142 e. The van der Waals surface area contributed by atoms with Gasteiger partial charge in [-0.3, -0.25) is 0 Å². The third-order valence-corrected chi connectivity index (χ3v) is 2.86. The molecule has 17 heavy (non-hydrogen) atoms. The van der Waals surface area contributed by atoms with Crippen molar-refractivity contribution in [2.45, 2.75) is 39.7 Å². The summed E-state index contributed by atoms with van der Waals surface area (Å²) in [6.45, 7) is 9.50. The van der Waals surface area contributed by atoms with E-state index in [1.807, 2.05) is 6.07 Å². The van der Waals surface area contributed by atoms with E-state index in [-0.39, 0.29) is 16.4 Å². The summed E-state index contributed by atoms with van der Waals surface area (Å²) in [4.78, 5) is 0. The minimum Gasteiger partial charge on any atom is -0.312 e. The molecule has 0 aromatic heterocycles. The minimum absolute atomic E-state index is 0.125. The van der Waals surface area contributed by atoms with E-state index in [2.05, 4.69) is 33.0 Å². The Kier molecular flexibility index (Phi) is 4.96. The molecule has 0 bridgehead atoms. The Balaban J connectivity index is 2.50. The lowest BCUT2D eigenvalue weighted by Gasteiger charge is -2.23. The maximum absolute atomic E-state index is 13.3. The summed E-state index contributed by atoms with van der Waals surface area (Å²) >= 11 is 5.65. The fourth-order valence-electron chi connectivity index (χ4n) is 1.62. The molecule has 1 aromatic carbocycles. The van der Waals surface area contributed by atoms with Crippen LogP contribution in [0.5, 0.6) is 0 Å². The maximum atomic E-state index is 13.3. The van der Waals surface area contributed by atoms with Gasteiger partial charge in [-0.15, -0.1) is 0 Å². The quantitative estimate of drug-likeness (QED) is 0.858. The molecule has 0 spiro atoms. The molecule has 1 N–H and O–H groups in total. The SMILES string of the molecule is CC(CNC(C)(C)C)Cc1ccc(Cl)c(F)c1. The summed E-state index contributed by atoms with van der Waals surface area (Å²) in [6.07, 6.45) is 0.858. The molecule has 1 aromatic rings. The predicted octanol–water partition coefficient (Wildman–Crippen LogP) is 4.05. The van der Waals surface area contributed by atoms with Gasteiger partial charge in [-0.05, 0) is 57.4 Å². The zero-order valence-electron chi connectivity index (χ0n) is 11.0. The summed E-state index contributed by atoms with van der Waals surface area (Å²) in [6, 6.07) is 5.03. The average Bonchev–Trinajstić information content (AvgIpc) is 2.20. The monoisotopic (exact) mass is 257 g/mol. The third kappa shape index (κ3) is 5.51. The molecule has 0 fully saturated rings. The standard InChI is InChI=1S/C14H21ClFN/c1-10(9-17-14(2,3)4)7-11-5-6-12(15)13(16)8-11/h5-6,8,10,17H,7,9H2,1-4H3. The molecule has 0 radical (unpaired) electrons. The van der Waals surface area contributed by atoms with E-state index in [0.29, 0.717) is 5.92 Å². The average molecular weight is 258 g/mol. The molecule has 1 rings (SSSR count). The van der Waals surface area contributed by atoms with Crippen LogP contribution >= 0.6 is 11.6 Å². The van der Waals surface area contributed by atoms with Crippen molar-refractivity contribution in [3.8, 4) is 0 Å².